The molecule has 0 saturated carbocycles. The average molecular weight is 200 g/mol. The van der Waals surface area contributed by atoms with Gasteiger partial charge in [-0.25, -0.2) is 0 Å². The Balaban J connectivity index is 3.70. The van der Waals surface area contributed by atoms with Gasteiger partial charge in [-0.15, -0.1) is 0 Å². The van der Waals surface area contributed by atoms with Crippen LogP contribution in [0.3, 0.4) is 0 Å². The summed E-state index contributed by atoms with van der Waals surface area (Å²) in [5.41, 5.74) is 6.21. The van der Waals surface area contributed by atoms with Gasteiger partial charge in [0, 0.05) is 12.1 Å². The Kier molecular flexibility index (Phi) is 7.20. The molecule has 2 nitrogen and oxygen atoms in total. The van der Waals surface area contributed by atoms with Crippen LogP contribution in [0.1, 0.15) is 53.4 Å². The van der Waals surface area contributed by atoms with Gasteiger partial charge in [-0.05, 0) is 25.3 Å². The summed E-state index contributed by atoms with van der Waals surface area (Å²) in [6.07, 6.45) is 4.64. The molecule has 0 atom stereocenters. The van der Waals surface area contributed by atoms with E-state index < -0.39 is 0 Å². The van der Waals surface area contributed by atoms with E-state index in [0.717, 1.165) is 31.8 Å². The van der Waals surface area contributed by atoms with Crippen LogP contribution in [0.2, 0.25) is 0 Å². The molecule has 0 aliphatic heterocycles. The van der Waals surface area contributed by atoms with E-state index in [2.05, 4.69) is 33.0 Å². The quantitative estimate of drug-likeness (QED) is 0.632. The highest BCUT2D eigenvalue weighted by atomic mass is 14.9. The highest BCUT2D eigenvalue weighted by Crippen LogP contribution is 2.10. The number of hydrogen-bond acceptors (Lipinski definition) is 2. The zero-order valence-electron chi connectivity index (χ0n) is 10.4. The molecular weight excluding hydrogens is 172 g/mol. The Hall–Kier alpha value is -0.0800. The largest absolute Gasteiger partial charge is 0.324 e. The molecule has 14 heavy (non-hydrogen) atoms. The second kappa shape index (κ2) is 7.24. The lowest BCUT2D eigenvalue weighted by molar-refractivity contribution is 0.347. The van der Waals surface area contributed by atoms with Crippen molar-refractivity contribution in [1.82, 2.24) is 5.32 Å². The summed E-state index contributed by atoms with van der Waals surface area (Å²) in [5, 5.41) is 3.50. The van der Waals surface area contributed by atoms with Crippen LogP contribution in [0.25, 0.3) is 0 Å². The highest BCUT2D eigenvalue weighted by Gasteiger charge is 2.19. The topological polar surface area (TPSA) is 38.0 Å². The molecule has 86 valence electrons. The minimum atomic E-state index is 0.00598. The molecule has 0 rings (SSSR count). The lowest BCUT2D eigenvalue weighted by Crippen LogP contribution is -2.48. The maximum absolute atomic E-state index is 6.20. The van der Waals surface area contributed by atoms with Gasteiger partial charge in [0.1, 0.15) is 0 Å². The van der Waals surface area contributed by atoms with E-state index in [0.29, 0.717) is 0 Å². The fraction of sp³-hybridized carbons (Fsp3) is 1.00. The van der Waals surface area contributed by atoms with Crippen LogP contribution in [0.5, 0.6) is 0 Å². The van der Waals surface area contributed by atoms with E-state index in [1.165, 1.54) is 12.8 Å². The van der Waals surface area contributed by atoms with E-state index in [1.54, 1.807) is 0 Å². The van der Waals surface area contributed by atoms with E-state index in [4.69, 9.17) is 5.73 Å². The highest BCUT2D eigenvalue weighted by molar-refractivity contribution is 4.83. The van der Waals surface area contributed by atoms with Gasteiger partial charge in [-0.1, -0.05) is 40.5 Å². The van der Waals surface area contributed by atoms with Crippen molar-refractivity contribution in [2.75, 3.05) is 13.1 Å². The summed E-state index contributed by atoms with van der Waals surface area (Å²) in [4.78, 5) is 0. The minimum absolute atomic E-state index is 0.00598. The first-order chi connectivity index (χ1) is 6.61. The molecule has 0 saturated heterocycles. The monoisotopic (exact) mass is 200 g/mol. The second-order valence-electron chi connectivity index (χ2n) is 4.38. The van der Waals surface area contributed by atoms with Crippen molar-refractivity contribution >= 4 is 0 Å². The minimum Gasteiger partial charge on any atom is -0.324 e. The van der Waals surface area contributed by atoms with Crippen LogP contribution < -0.4 is 11.1 Å². The molecule has 2 heteroatoms. The summed E-state index contributed by atoms with van der Waals surface area (Å²) >= 11 is 0. The summed E-state index contributed by atoms with van der Waals surface area (Å²) in [6.45, 7) is 10.9. The first-order valence-electron chi connectivity index (χ1n) is 6.11. The van der Waals surface area contributed by atoms with Crippen LogP contribution in [-0.4, -0.2) is 18.6 Å². The summed E-state index contributed by atoms with van der Waals surface area (Å²) in [5.74, 6) is 0.813. The van der Waals surface area contributed by atoms with Crippen LogP contribution in [-0.2, 0) is 0 Å². The Morgan fingerprint density at radius 3 is 1.93 bits per heavy atom. The normalized spacial score (nSPS) is 12.4. The molecule has 0 spiro atoms. The zero-order valence-corrected chi connectivity index (χ0v) is 10.4. The molecule has 0 aliphatic carbocycles. The third-order valence-electron chi connectivity index (χ3n) is 3.47. The predicted molar refractivity (Wildman–Crippen MR) is 64.4 cm³/mol. The van der Waals surface area contributed by atoms with Crippen molar-refractivity contribution in [3.63, 3.8) is 0 Å². The molecule has 0 aromatic heterocycles. The molecule has 3 N–H and O–H groups in total. The van der Waals surface area contributed by atoms with Gasteiger partial charge < -0.3 is 11.1 Å². The van der Waals surface area contributed by atoms with Crippen LogP contribution >= 0.6 is 0 Å². The van der Waals surface area contributed by atoms with Crippen LogP contribution in [0.15, 0.2) is 0 Å². The molecule has 0 aromatic carbocycles. The number of nitrogens with two attached hydrogens (primary N) is 1. The van der Waals surface area contributed by atoms with Crippen molar-refractivity contribution in [1.29, 1.82) is 0 Å². The molecule has 0 fully saturated rings. The van der Waals surface area contributed by atoms with Crippen molar-refractivity contribution in [3.8, 4) is 0 Å². The average Bonchev–Trinajstić information content (AvgIpc) is 2.24. The van der Waals surface area contributed by atoms with Crippen molar-refractivity contribution in [2.45, 2.75) is 58.9 Å². The molecule has 0 aliphatic rings. The maximum atomic E-state index is 6.20. The lowest BCUT2D eigenvalue weighted by Gasteiger charge is -2.28. The summed E-state index contributed by atoms with van der Waals surface area (Å²) in [6, 6.07) is 0. The Morgan fingerprint density at radius 1 is 1.07 bits per heavy atom. The van der Waals surface area contributed by atoms with E-state index in [1.807, 2.05) is 0 Å². The molecular formula is C12H28N2. The molecule has 0 amide bonds. The smallest absolute Gasteiger partial charge is 0.0275 e. The molecule has 0 heterocycles. The first kappa shape index (κ1) is 13.9. The first-order valence-corrected chi connectivity index (χ1v) is 6.11. The van der Waals surface area contributed by atoms with Gasteiger partial charge in [0.15, 0.2) is 0 Å². The van der Waals surface area contributed by atoms with Crippen molar-refractivity contribution in [3.05, 3.63) is 0 Å². The number of nitrogens with one attached hydrogen (secondary N) is 1. The third-order valence-corrected chi connectivity index (χ3v) is 3.47. The number of rotatable bonds is 8. The summed E-state index contributed by atoms with van der Waals surface area (Å²) in [7, 11) is 0. The Labute approximate surface area is 89.6 Å². The van der Waals surface area contributed by atoms with Crippen LogP contribution in [0.4, 0.5) is 0 Å². The fourth-order valence-electron chi connectivity index (χ4n) is 1.60. The summed E-state index contributed by atoms with van der Waals surface area (Å²) < 4.78 is 0. The molecule has 0 aromatic rings. The van der Waals surface area contributed by atoms with Gasteiger partial charge >= 0.3 is 0 Å². The van der Waals surface area contributed by atoms with E-state index >= 15 is 0 Å². The van der Waals surface area contributed by atoms with E-state index in [-0.39, 0.29) is 5.54 Å². The SMILES string of the molecule is CCC(CC)CNCC(N)(CC)CC. The third kappa shape index (κ3) is 4.97. The van der Waals surface area contributed by atoms with Gasteiger partial charge in [0.05, 0.1) is 0 Å². The Bertz CT molecular complexity index is 126. The van der Waals surface area contributed by atoms with E-state index in [9.17, 15) is 0 Å². The van der Waals surface area contributed by atoms with Gasteiger partial charge in [-0.2, -0.15) is 0 Å². The van der Waals surface area contributed by atoms with Crippen LogP contribution in [0, 0.1) is 5.92 Å². The number of hydrogen-bond donors (Lipinski definition) is 2. The maximum Gasteiger partial charge on any atom is 0.0275 e. The van der Waals surface area contributed by atoms with Crippen molar-refractivity contribution in [2.24, 2.45) is 11.7 Å². The molecule has 0 bridgehead atoms. The predicted octanol–water partition coefficient (Wildman–Crippen LogP) is 2.53. The van der Waals surface area contributed by atoms with Gasteiger partial charge in [0.2, 0.25) is 0 Å². The lowest BCUT2D eigenvalue weighted by atomic mass is 9.94. The second-order valence-corrected chi connectivity index (χ2v) is 4.38. The fourth-order valence-corrected chi connectivity index (χ4v) is 1.60. The zero-order chi connectivity index (χ0) is 11.0. The van der Waals surface area contributed by atoms with Gasteiger partial charge in [0.25, 0.3) is 0 Å². The molecule has 0 radical (unpaired) electrons. The van der Waals surface area contributed by atoms with Crippen molar-refractivity contribution < 1.29 is 0 Å². The Morgan fingerprint density at radius 2 is 1.57 bits per heavy atom. The van der Waals surface area contributed by atoms with Gasteiger partial charge in [-0.3, -0.25) is 0 Å². The standard InChI is InChI=1S/C12H28N2/c1-5-11(6-2)9-14-10-12(13,7-3)8-4/h11,14H,5-10,13H2,1-4H3. The molecule has 0 unspecified atom stereocenters.